The van der Waals surface area contributed by atoms with Gasteiger partial charge in [-0.1, -0.05) is 48.5 Å². The average Bonchev–Trinajstić information content (AvgIpc) is 3.30. The van der Waals surface area contributed by atoms with E-state index in [0.717, 1.165) is 35.7 Å². The summed E-state index contributed by atoms with van der Waals surface area (Å²) in [4.78, 5) is 19.1. The van der Waals surface area contributed by atoms with E-state index in [2.05, 4.69) is 33.9 Å². The number of imidazole rings is 1. The smallest absolute Gasteiger partial charge is 0.321 e. The van der Waals surface area contributed by atoms with E-state index in [4.69, 9.17) is 0 Å². The highest BCUT2D eigenvalue weighted by Gasteiger charge is 2.29. The van der Waals surface area contributed by atoms with Gasteiger partial charge in [-0.3, -0.25) is 0 Å². The fraction of sp³-hybridized carbons (Fsp3) is 0.238. The Morgan fingerprint density at radius 3 is 2.50 bits per heavy atom. The summed E-state index contributed by atoms with van der Waals surface area (Å²) in [6, 6.07) is 20.0. The largest absolute Gasteiger partial charge is 0.323 e. The Morgan fingerprint density at radius 1 is 1.08 bits per heavy atom. The highest BCUT2D eigenvalue weighted by atomic mass is 16.2. The van der Waals surface area contributed by atoms with Crippen LogP contribution in [0.2, 0.25) is 0 Å². The first-order chi connectivity index (χ1) is 12.7. The molecular formula is C21H22N4O. The van der Waals surface area contributed by atoms with E-state index in [-0.39, 0.29) is 12.1 Å². The number of aryl methyl sites for hydroxylation is 1. The van der Waals surface area contributed by atoms with Gasteiger partial charge in [0.05, 0.1) is 6.04 Å². The van der Waals surface area contributed by atoms with Crippen molar-refractivity contribution in [3.63, 3.8) is 0 Å². The van der Waals surface area contributed by atoms with Gasteiger partial charge in [-0.25, -0.2) is 9.78 Å². The highest BCUT2D eigenvalue weighted by Crippen LogP contribution is 2.29. The number of anilines is 1. The van der Waals surface area contributed by atoms with Crippen LogP contribution in [-0.4, -0.2) is 33.6 Å². The van der Waals surface area contributed by atoms with Crippen LogP contribution in [-0.2, 0) is 0 Å². The first-order valence-electron chi connectivity index (χ1n) is 8.92. The van der Waals surface area contributed by atoms with Gasteiger partial charge in [0.15, 0.2) is 0 Å². The Hall–Kier alpha value is -3.08. The van der Waals surface area contributed by atoms with Crippen molar-refractivity contribution < 1.29 is 4.79 Å². The molecule has 2 heterocycles. The molecule has 1 N–H and O–H groups in total. The van der Waals surface area contributed by atoms with Gasteiger partial charge in [-0.05, 0) is 25.5 Å². The SMILES string of the molecule is Cc1cnc(-c2ccccc2)n1C1CCN(C(=O)Nc2ccccc2)C1. The van der Waals surface area contributed by atoms with E-state index in [1.54, 1.807) is 0 Å². The number of nitrogens with zero attached hydrogens (tertiary/aromatic N) is 3. The molecule has 5 heteroatoms. The van der Waals surface area contributed by atoms with Crippen LogP contribution in [0, 0.1) is 6.92 Å². The molecule has 3 aromatic rings. The van der Waals surface area contributed by atoms with Crippen LogP contribution in [0.15, 0.2) is 66.9 Å². The summed E-state index contributed by atoms with van der Waals surface area (Å²) >= 11 is 0. The summed E-state index contributed by atoms with van der Waals surface area (Å²) in [6.45, 7) is 3.51. The monoisotopic (exact) mass is 346 g/mol. The van der Waals surface area contributed by atoms with Crippen molar-refractivity contribution in [3.8, 4) is 11.4 Å². The Balaban J connectivity index is 1.51. The lowest BCUT2D eigenvalue weighted by atomic mass is 10.2. The van der Waals surface area contributed by atoms with E-state index in [0.29, 0.717) is 6.54 Å². The molecule has 0 aliphatic carbocycles. The third-order valence-corrected chi connectivity index (χ3v) is 4.85. The van der Waals surface area contributed by atoms with Crippen molar-refractivity contribution >= 4 is 11.7 Å². The molecule has 1 aliphatic rings. The molecule has 1 saturated heterocycles. The summed E-state index contributed by atoms with van der Waals surface area (Å²) in [7, 11) is 0. The number of benzene rings is 2. The number of likely N-dealkylation sites (tertiary alicyclic amines) is 1. The van der Waals surface area contributed by atoms with Crippen LogP contribution in [0.4, 0.5) is 10.5 Å². The number of aromatic nitrogens is 2. The Morgan fingerprint density at radius 2 is 1.77 bits per heavy atom. The van der Waals surface area contributed by atoms with Gasteiger partial charge in [-0.2, -0.15) is 0 Å². The maximum absolute atomic E-state index is 12.6. The molecule has 132 valence electrons. The third-order valence-electron chi connectivity index (χ3n) is 4.85. The van der Waals surface area contributed by atoms with E-state index < -0.39 is 0 Å². The standard InChI is InChI=1S/C21H22N4O/c1-16-14-22-20(17-8-4-2-5-9-17)25(16)19-12-13-24(15-19)21(26)23-18-10-6-3-7-11-18/h2-11,14,19H,12-13,15H2,1H3,(H,23,26). The van der Waals surface area contributed by atoms with E-state index in [9.17, 15) is 4.79 Å². The van der Waals surface area contributed by atoms with Crippen molar-refractivity contribution in [2.75, 3.05) is 18.4 Å². The number of hydrogen-bond acceptors (Lipinski definition) is 2. The van der Waals surface area contributed by atoms with Crippen molar-refractivity contribution in [3.05, 3.63) is 72.6 Å². The minimum Gasteiger partial charge on any atom is -0.323 e. The number of rotatable bonds is 3. The second-order valence-electron chi connectivity index (χ2n) is 6.64. The van der Waals surface area contributed by atoms with Crippen molar-refractivity contribution in [2.24, 2.45) is 0 Å². The molecule has 5 nitrogen and oxygen atoms in total. The Kier molecular flexibility index (Phi) is 4.44. The van der Waals surface area contributed by atoms with Crippen LogP contribution in [0.1, 0.15) is 18.2 Å². The second-order valence-corrected chi connectivity index (χ2v) is 6.64. The van der Waals surface area contributed by atoms with E-state index >= 15 is 0 Å². The average molecular weight is 346 g/mol. The van der Waals surface area contributed by atoms with Gasteiger partial charge >= 0.3 is 6.03 Å². The highest BCUT2D eigenvalue weighted by molar-refractivity contribution is 5.89. The molecule has 4 rings (SSSR count). The number of nitrogens with one attached hydrogen (secondary N) is 1. The zero-order valence-electron chi connectivity index (χ0n) is 14.8. The minimum atomic E-state index is -0.0438. The molecule has 2 aromatic carbocycles. The third kappa shape index (κ3) is 3.20. The zero-order valence-corrected chi connectivity index (χ0v) is 14.8. The molecule has 1 aliphatic heterocycles. The molecule has 1 atom stereocenters. The van der Waals surface area contributed by atoms with Crippen LogP contribution in [0.3, 0.4) is 0 Å². The molecule has 1 unspecified atom stereocenters. The number of urea groups is 1. The first kappa shape index (κ1) is 16.4. The number of carbonyl (C=O) groups is 1. The normalized spacial score (nSPS) is 16.7. The van der Waals surface area contributed by atoms with Crippen LogP contribution in [0.25, 0.3) is 11.4 Å². The fourth-order valence-electron chi connectivity index (χ4n) is 3.57. The van der Waals surface area contributed by atoms with Crippen molar-refractivity contribution in [1.82, 2.24) is 14.5 Å². The maximum atomic E-state index is 12.6. The van der Waals surface area contributed by atoms with Crippen LogP contribution >= 0.6 is 0 Å². The molecule has 2 amide bonds. The quantitative estimate of drug-likeness (QED) is 0.767. The molecule has 0 saturated carbocycles. The van der Waals surface area contributed by atoms with Gasteiger partial charge in [0.25, 0.3) is 0 Å². The Labute approximate surface area is 153 Å². The molecule has 1 aromatic heterocycles. The number of para-hydroxylation sites is 1. The Bertz CT molecular complexity index is 889. The summed E-state index contributed by atoms with van der Waals surface area (Å²) in [5.41, 5.74) is 3.05. The van der Waals surface area contributed by atoms with Gasteiger partial charge in [0, 0.05) is 36.2 Å². The zero-order chi connectivity index (χ0) is 17.9. The van der Waals surface area contributed by atoms with Crippen LogP contribution < -0.4 is 5.32 Å². The van der Waals surface area contributed by atoms with Crippen molar-refractivity contribution in [1.29, 1.82) is 0 Å². The summed E-state index contributed by atoms with van der Waals surface area (Å²) in [6.07, 6.45) is 2.84. The van der Waals surface area contributed by atoms with Crippen LogP contribution in [0.5, 0.6) is 0 Å². The predicted octanol–water partition coefficient (Wildman–Crippen LogP) is 4.34. The summed E-state index contributed by atoms with van der Waals surface area (Å²) in [5, 5.41) is 2.97. The first-order valence-corrected chi connectivity index (χ1v) is 8.92. The summed E-state index contributed by atoms with van der Waals surface area (Å²) in [5.74, 6) is 0.971. The minimum absolute atomic E-state index is 0.0438. The lowest BCUT2D eigenvalue weighted by molar-refractivity contribution is 0.221. The fourth-order valence-corrected chi connectivity index (χ4v) is 3.57. The number of hydrogen-bond donors (Lipinski definition) is 1. The van der Waals surface area contributed by atoms with E-state index in [1.165, 1.54) is 0 Å². The number of amides is 2. The molecule has 0 bridgehead atoms. The second kappa shape index (κ2) is 7.04. The summed E-state index contributed by atoms with van der Waals surface area (Å²) < 4.78 is 2.27. The molecule has 1 fully saturated rings. The van der Waals surface area contributed by atoms with Crippen molar-refractivity contribution in [2.45, 2.75) is 19.4 Å². The lowest BCUT2D eigenvalue weighted by Gasteiger charge is -2.20. The van der Waals surface area contributed by atoms with Gasteiger partial charge in [0.2, 0.25) is 0 Å². The maximum Gasteiger partial charge on any atom is 0.321 e. The molecule has 0 radical (unpaired) electrons. The number of carbonyl (C=O) groups excluding carboxylic acids is 1. The lowest BCUT2D eigenvalue weighted by Crippen LogP contribution is -2.33. The van der Waals surface area contributed by atoms with Gasteiger partial charge < -0.3 is 14.8 Å². The van der Waals surface area contributed by atoms with Gasteiger partial charge in [-0.15, -0.1) is 0 Å². The van der Waals surface area contributed by atoms with Gasteiger partial charge in [0.1, 0.15) is 5.82 Å². The molecular weight excluding hydrogens is 324 g/mol. The molecule has 26 heavy (non-hydrogen) atoms. The van der Waals surface area contributed by atoms with E-state index in [1.807, 2.05) is 59.6 Å². The topological polar surface area (TPSA) is 50.2 Å². The molecule has 0 spiro atoms. The predicted molar refractivity (Wildman–Crippen MR) is 103 cm³/mol.